The zero-order chi connectivity index (χ0) is 22.6. The molecule has 1 fully saturated rings. The Bertz CT molecular complexity index is 999. The molecule has 1 aliphatic rings. The molecule has 3 rings (SSSR count). The SMILES string of the molecule is CC(C)(C)c1ccc(OCCNC(=O)[C@H]2CCCN2S(=O)(=O)c2ccc(Cl)cc2)cc1. The highest BCUT2D eigenvalue weighted by Crippen LogP contribution is 2.27. The largest absolute Gasteiger partial charge is 0.492 e. The highest BCUT2D eigenvalue weighted by Gasteiger charge is 2.39. The maximum atomic E-state index is 13.0. The van der Waals surface area contributed by atoms with Crippen LogP contribution >= 0.6 is 11.6 Å². The van der Waals surface area contributed by atoms with Crippen LogP contribution in [0, 0.1) is 0 Å². The molecule has 6 nitrogen and oxygen atoms in total. The number of ether oxygens (including phenoxy) is 1. The van der Waals surface area contributed by atoms with Gasteiger partial charge in [0.25, 0.3) is 0 Å². The lowest BCUT2D eigenvalue weighted by Crippen LogP contribution is -2.46. The van der Waals surface area contributed by atoms with Crippen LogP contribution in [-0.4, -0.2) is 44.4 Å². The second-order valence-electron chi connectivity index (χ2n) is 8.64. The van der Waals surface area contributed by atoms with E-state index in [1.54, 1.807) is 0 Å². The van der Waals surface area contributed by atoms with Gasteiger partial charge in [0.1, 0.15) is 18.4 Å². The fourth-order valence-corrected chi connectivity index (χ4v) is 5.33. The van der Waals surface area contributed by atoms with E-state index in [2.05, 4.69) is 26.1 Å². The number of sulfonamides is 1. The fraction of sp³-hybridized carbons (Fsp3) is 0.435. The monoisotopic (exact) mass is 464 g/mol. The molecule has 8 heteroatoms. The van der Waals surface area contributed by atoms with Crippen LogP contribution in [0.25, 0.3) is 0 Å². The van der Waals surface area contributed by atoms with Gasteiger partial charge in [-0.15, -0.1) is 0 Å². The summed E-state index contributed by atoms with van der Waals surface area (Å²) in [6.45, 7) is 7.37. The second-order valence-corrected chi connectivity index (χ2v) is 11.0. The molecule has 0 saturated carbocycles. The first-order valence-electron chi connectivity index (χ1n) is 10.4. The summed E-state index contributed by atoms with van der Waals surface area (Å²) in [6.07, 6.45) is 1.13. The normalized spacial score (nSPS) is 17.5. The van der Waals surface area contributed by atoms with Crippen molar-refractivity contribution in [1.29, 1.82) is 0 Å². The van der Waals surface area contributed by atoms with Gasteiger partial charge in [-0.1, -0.05) is 44.5 Å². The van der Waals surface area contributed by atoms with E-state index >= 15 is 0 Å². The molecule has 0 spiro atoms. The molecule has 1 heterocycles. The summed E-state index contributed by atoms with van der Waals surface area (Å²) in [6, 6.07) is 13.2. The zero-order valence-corrected chi connectivity index (χ0v) is 19.7. The lowest BCUT2D eigenvalue weighted by molar-refractivity contribution is -0.124. The molecule has 31 heavy (non-hydrogen) atoms. The van der Waals surface area contributed by atoms with E-state index in [-0.39, 0.29) is 16.2 Å². The van der Waals surface area contributed by atoms with Gasteiger partial charge in [0, 0.05) is 11.6 Å². The Balaban J connectivity index is 1.53. The molecule has 0 radical (unpaired) electrons. The first-order chi connectivity index (χ1) is 14.6. The van der Waals surface area contributed by atoms with Gasteiger partial charge in [-0.05, 0) is 60.2 Å². The Morgan fingerprint density at radius 3 is 2.39 bits per heavy atom. The molecule has 1 amide bonds. The Kier molecular flexibility index (Phi) is 7.29. The van der Waals surface area contributed by atoms with E-state index < -0.39 is 16.1 Å². The van der Waals surface area contributed by atoms with Gasteiger partial charge in [0.15, 0.2) is 0 Å². The van der Waals surface area contributed by atoms with E-state index in [9.17, 15) is 13.2 Å². The van der Waals surface area contributed by atoms with Crippen LogP contribution in [0.4, 0.5) is 0 Å². The summed E-state index contributed by atoms with van der Waals surface area (Å²) in [5, 5.41) is 3.26. The first kappa shape index (κ1) is 23.6. The number of rotatable bonds is 7. The van der Waals surface area contributed by atoms with Crippen LogP contribution in [0.1, 0.15) is 39.2 Å². The molecular formula is C23H29ClN2O4S. The maximum Gasteiger partial charge on any atom is 0.243 e. The van der Waals surface area contributed by atoms with E-state index in [0.29, 0.717) is 37.6 Å². The van der Waals surface area contributed by atoms with Crippen LogP contribution in [0.15, 0.2) is 53.4 Å². The third kappa shape index (κ3) is 5.79. The lowest BCUT2D eigenvalue weighted by Gasteiger charge is -2.23. The van der Waals surface area contributed by atoms with Crippen molar-refractivity contribution < 1.29 is 17.9 Å². The van der Waals surface area contributed by atoms with Gasteiger partial charge in [0.2, 0.25) is 15.9 Å². The van der Waals surface area contributed by atoms with Crippen molar-refractivity contribution in [2.45, 2.75) is 50.0 Å². The molecule has 0 bridgehead atoms. The number of carbonyl (C=O) groups is 1. The van der Waals surface area contributed by atoms with Crippen LogP contribution in [0.3, 0.4) is 0 Å². The van der Waals surface area contributed by atoms with Crippen molar-refractivity contribution in [1.82, 2.24) is 9.62 Å². The third-order valence-corrected chi connectivity index (χ3v) is 7.49. The molecule has 1 N–H and O–H groups in total. The lowest BCUT2D eigenvalue weighted by atomic mass is 9.87. The Morgan fingerprint density at radius 2 is 1.77 bits per heavy atom. The van der Waals surface area contributed by atoms with Gasteiger partial charge in [-0.25, -0.2) is 8.42 Å². The van der Waals surface area contributed by atoms with Crippen molar-refractivity contribution in [2.75, 3.05) is 19.7 Å². The average molecular weight is 465 g/mol. The van der Waals surface area contributed by atoms with Gasteiger partial charge < -0.3 is 10.1 Å². The number of nitrogens with zero attached hydrogens (tertiary/aromatic N) is 1. The molecule has 2 aromatic rings. The standard InChI is InChI=1S/C23H29ClN2O4S/c1-23(2,3)17-6-10-19(11-7-17)30-16-14-25-22(27)21-5-4-15-26(21)31(28,29)20-12-8-18(24)9-13-20/h6-13,21H,4-5,14-16H2,1-3H3,(H,25,27)/t21-/m1/s1. The summed E-state index contributed by atoms with van der Waals surface area (Å²) in [5.41, 5.74) is 1.29. The summed E-state index contributed by atoms with van der Waals surface area (Å²) < 4.78 is 32.9. The maximum absolute atomic E-state index is 13.0. The Hall–Kier alpha value is -2.09. The Morgan fingerprint density at radius 1 is 1.13 bits per heavy atom. The number of carbonyl (C=O) groups excluding carboxylic acids is 1. The predicted octanol–water partition coefficient (Wildman–Crippen LogP) is 3.99. The quantitative estimate of drug-likeness (QED) is 0.629. The minimum atomic E-state index is -3.76. The molecule has 1 atom stereocenters. The molecule has 1 aliphatic heterocycles. The molecule has 0 unspecified atom stereocenters. The molecule has 0 aromatic heterocycles. The van der Waals surface area contributed by atoms with Crippen LogP contribution in [0.2, 0.25) is 5.02 Å². The van der Waals surface area contributed by atoms with E-state index in [1.807, 2.05) is 24.3 Å². The van der Waals surface area contributed by atoms with Crippen molar-refractivity contribution >= 4 is 27.5 Å². The second kappa shape index (κ2) is 9.59. The number of halogens is 1. The third-order valence-electron chi connectivity index (χ3n) is 5.32. The van der Waals surface area contributed by atoms with Gasteiger partial charge in [0.05, 0.1) is 11.4 Å². The van der Waals surface area contributed by atoms with E-state index in [4.69, 9.17) is 16.3 Å². The summed E-state index contributed by atoms with van der Waals surface area (Å²) in [4.78, 5) is 12.8. The van der Waals surface area contributed by atoms with E-state index in [1.165, 1.54) is 34.1 Å². The first-order valence-corrected chi connectivity index (χ1v) is 12.2. The summed E-state index contributed by atoms with van der Waals surface area (Å²) >= 11 is 5.86. The molecule has 168 valence electrons. The number of hydrogen-bond acceptors (Lipinski definition) is 4. The highest BCUT2D eigenvalue weighted by atomic mass is 35.5. The van der Waals surface area contributed by atoms with Crippen LogP contribution in [0.5, 0.6) is 5.75 Å². The van der Waals surface area contributed by atoms with Crippen molar-refractivity contribution in [3.05, 3.63) is 59.1 Å². The minimum Gasteiger partial charge on any atom is -0.492 e. The molecule has 0 aliphatic carbocycles. The van der Waals surface area contributed by atoms with Gasteiger partial charge in [-0.2, -0.15) is 4.31 Å². The van der Waals surface area contributed by atoms with Crippen molar-refractivity contribution in [3.8, 4) is 5.75 Å². The molecule has 1 saturated heterocycles. The fourth-order valence-electron chi connectivity index (χ4n) is 3.54. The van der Waals surface area contributed by atoms with Gasteiger partial charge >= 0.3 is 0 Å². The summed E-state index contributed by atoms with van der Waals surface area (Å²) in [5.74, 6) is 0.428. The average Bonchev–Trinajstić information content (AvgIpc) is 3.22. The van der Waals surface area contributed by atoms with Crippen molar-refractivity contribution in [3.63, 3.8) is 0 Å². The van der Waals surface area contributed by atoms with Gasteiger partial charge in [-0.3, -0.25) is 4.79 Å². The molecule has 2 aromatic carbocycles. The number of nitrogens with one attached hydrogen (secondary N) is 1. The summed E-state index contributed by atoms with van der Waals surface area (Å²) in [7, 11) is -3.76. The Labute approximate surface area is 189 Å². The van der Waals surface area contributed by atoms with Crippen molar-refractivity contribution in [2.24, 2.45) is 0 Å². The van der Waals surface area contributed by atoms with E-state index in [0.717, 1.165) is 5.75 Å². The number of hydrogen-bond donors (Lipinski definition) is 1. The minimum absolute atomic E-state index is 0.0754. The highest BCUT2D eigenvalue weighted by molar-refractivity contribution is 7.89. The molecular weight excluding hydrogens is 436 g/mol. The predicted molar refractivity (Wildman–Crippen MR) is 122 cm³/mol. The number of benzene rings is 2. The topological polar surface area (TPSA) is 75.7 Å². The smallest absolute Gasteiger partial charge is 0.243 e. The van der Waals surface area contributed by atoms with Crippen LogP contribution in [-0.2, 0) is 20.2 Å². The zero-order valence-electron chi connectivity index (χ0n) is 18.1. The number of amides is 1. The van der Waals surface area contributed by atoms with Crippen LogP contribution < -0.4 is 10.1 Å².